The van der Waals surface area contributed by atoms with Crippen molar-refractivity contribution in [3.8, 4) is 0 Å². The maximum Gasteiger partial charge on any atom is 0.230 e. The van der Waals surface area contributed by atoms with Gasteiger partial charge in [0.25, 0.3) is 0 Å². The molecule has 28 heavy (non-hydrogen) atoms. The van der Waals surface area contributed by atoms with Crippen LogP contribution in [0.1, 0.15) is 31.2 Å². The van der Waals surface area contributed by atoms with Crippen molar-refractivity contribution in [3.63, 3.8) is 0 Å². The zero-order chi connectivity index (χ0) is 19.3. The molecule has 1 saturated carbocycles. The first-order valence-electron chi connectivity index (χ1n) is 9.48. The number of amides is 1. The number of nitrogens with one attached hydrogen (secondary N) is 1. The van der Waals surface area contributed by atoms with Gasteiger partial charge in [0.2, 0.25) is 5.91 Å². The molecule has 6 nitrogen and oxygen atoms in total. The normalized spacial score (nSPS) is 14.5. The van der Waals surface area contributed by atoms with Crippen LogP contribution in [-0.2, 0) is 11.3 Å². The molecule has 0 saturated heterocycles. The molecule has 0 bridgehead atoms. The van der Waals surface area contributed by atoms with Gasteiger partial charge < -0.3 is 10.2 Å². The molecule has 3 aromatic rings. The Hall–Kier alpha value is -2.19. The van der Waals surface area contributed by atoms with Gasteiger partial charge in [0.05, 0.1) is 5.75 Å². The highest BCUT2D eigenvalue weighted by Crippen LogP contribution is 2.33. The minimum atomic E-state index is 0.0783. The van der Waals surface area contributed by atoms with Crippen LogP contribution in [-0.4, -0.2) is 39.7 Å². The van der Waals surface area contributed by atoms with Crippen molar-refractivity contribution in [1.29, 1.82) is 0 Å². The van der Waals surface area contributed by atoms with Gasteiger partial charge in [-0.2, -0.15) is 4.98 Å². The molecule has 4 rings (SSSR count). The van der Waals surface area contributed by atoms with Gasteiger partial charge in [0.1, 0.15) is 16.1 Å². The summed E-state index contributed by atoms with van der Waals surface area (Å²) in [6.07, 6.45) is 6.15. The molecule has 1 amide bonds. The van der Waals surface area contributed by atoms with Crippen molar-refractivity contribution in [3.05, 3.63) is 42.2 Å². The predicted octanol–water partition coefficient (Wildman–Crippen LogP) is 3.87. The van der Waals surface area contributed by atoms with Crippen molar-refractivity contribution in [2.75, 3.05) is 17.7 Å². The number of thioether (sulfide) groups is 1. The molecule has 0 radical (unpaired) electrons. The van der Waals surface area contributed by atoms with E-state index in [1.165, 1.54) is 36.5 Å². The van der Waals surface area contributed by atoms with Crippen LogP contribution in [0, 0.1) is 0 Å². The highest BCUT2D eigenvalue weighted by Gasteiger charge is 2.18. The Kier molecular flexibility index (Phi) is 6.07. The Labute approximate surface area is 172 Å². The zero-order valence-electron chi connectivity index (χ0n) is 15.8. The largest absolute Gasteiger partial charge is 0.353 e. The fourth-order valence-electron chi connectivity index (χ4n) is 3.39. The van der Waals surface area contributed by atoms with Gasteiger partial charge in [-0.25, -0.2) is 9.97 Å². The number of anilines is 1. The fraction of sp³-hybridized carbons (Fsp3) is 0.400. The van der Waals surface area contributed by atoms with Gasteiger partial charge in [0.15, 0.2) is 10.8 Å². The molecule has 0 unspecified atom stereocenters. The van der Waals surface area contributed by atoms with E-state index >= 15 is 0 Å². The first-order valence-corrected chi connectivity index (χ1v) is 11.3. The SMILES string of the molecule is CN(Cc1ccccc1)c1nc2ncnc(SCC(=O)NC3CCCC3)c2s1. The topological polar surface area (TPSA) is 71.0 Å². The lowest BCUT2D eigenvalue weighted by Crippen LogP contribution is -2.33. The van der Waals surface area contributed by atoms with Crippen molar-refractivity contribution < 1.29 is 4.79 Å². The molecule has 1 aromatic carbocycles. The predicted molar refractivity (Wildman–Crippen MR) is 115 cm³/mol. The van der Waals surface area contributed by atoms with E-state index < -0.39 is 0 Å². The summed E-state index contributed by atoms with van der Waals surface area (Å²) in [5.74, 6) is 0.449. The molecule has 1 aliphatic rings. The highest BCUT2D eigenvalue weighted by atomic mass is 32.2. The second kappa shape index (κ2) is 8.87. The van der Waals surface area contributed by atoms with E-state index in [2.05, 4.69) is 37.3 Å². The van der Waals surface area contributed by atoms with Crippen LogP contribution < -0.4 is 10.2 Å². The molecule has 146 valence electrons. The van der Waals surface area contributed by atoms with E-state index in [1.807, 2.05) is 25.2 Å². The summed E-state index contributed by atoms with van der Waals surface area (Å²) in [5, 5.41) is 4.85. The maximum atomic E-state index is 12.2. The minimum Gasteiger partial charge on any atom is -0.353 e. The van der Waals surface area contributed by atoms with Gasteiger partial charge in [-0.05, 0) is 18.4 Å². The van der Waals surface area contributed by atoms with Crippen molar-refractivity contribution >= 4 is 44.5 Å². The molecule has 1 aliphatic carbocycles. The van der Waals surface area contributed by atoms with Crippen LogP contribution >= 0.6 is 23.1 Å². The third-order valence-corrected chi connectivity index (χ3v) is 7.08. The molecule has 1 fully saturated rings. The quantitative estimate of drug-likeness (QED) is 0.468. The minimum absolute atomic E-state index is 0.0783. The zero-order valence-corrected chi connectivity index (χ0v) is 17.4. The van der Waals surface area contributed by atoms with Gasteiger partial charge in [-0.1, -0.05) is 66.3 Å². The molecule has 0 atom stereocenters. The van der Waals surface area contributed by atoms with Crippen LogP contribution in [0.2, 0.25) is 0 Å². The van der Waals surface area contributed by atoms with Crippen molar-refractivity contribution in [2.45, 2.75) is 43.3 Å². The third-order valence-electron chi connectivity index (χ3n) is 4.80. The summed E-state index contributed by atoms with van der Waals surface area (Å²) in [6, 6.07) is 10.7. The summed E-state index contributed by atoms with van der Waals surface area (Å²) >= 11 is 3.03. The van der Waals surface area contributed by atoms with E-state index in [0.29, 0.717) is 17.4 Å². The number of benzene rings is 1. The van der Waals surface area contributed by atoms with Gasteiger partial charge >= 0.3 is 0 Å². The summed E-state index contributed by atoms with van der Waals surface area (Å²) < 4.78 is 0.941. The lowest BCUT2D eigenvalue weighted by Gasteiger charge is -2.15. The Balaban J connectivity index is 1.43. The first-order chi connectivity index (χ1) is 13.7. The molecule has 1 N–H and O–H groups in total. The molecular formula is C20H23N5OS2. The summed E-state index contributed by atoms with van der Waals surface area (Å²) in [7, 11) is 2.03. The molecule has 0 aliphatic heterocycles. The van der Waals surface area contributed by atoms with Gasteiger partial charge in [0, 0.05) is 19.6 Å². The fourth-order valence-corrected chi connectivity index (χ4v) is 5.25. The average Bonchev–Trinajstić information content (AvgIpc) is 3.37. The van der Waals surface area contributed by atoms with E-state index in [1.54, 1.807) is 11.3 Å². The van der Waals surface area contributed by atoms with Crippen molar-refractivity contribution in [2.24, 2.45) is 0 Å². The van der Waals surface area contributed by atoms with Crippen LogP contribution in [0.15, 0.2) is 41.7 Å². The lowest BCUT2D eigenvalue weighted by atomic mass is 10.2. The monoisotopic (exact) mass is 413 g/mol. The average molecular weight is 414 g/mol. The van der Waals surface area contributed by atoms with E-state index in [4.69, 9.17) is 0 Å². The molecular weight excluding hydrogens is 390 g/mol. The maximum absolute atomic E-state index is 12.2. The van der Waals surface area contributed by atoms with Gasteiger partial charge in [-0.3, -0.25) is 4.79 Å². The Morgan fingerprint density at radius 2 is 2.04 bits per heavy atom. The number of rotatable bonds is 7. The number of carbonyl (C=O) groups is 1. The highest BCUT2D eigenvalue weighted by molar-refractivity contribution is 8.00. The number of fused-ring (bicyclic) bond motifs is 1. The molecule has 2 aromatic heterocycles. The number of aromatic nitrogens is 3. The third kappa shape index (κ3) is 4.62. The second-order valence-corrected chi connectivity index (χ2v) is 8.95. The molecule has 8 heteroatoms. The Morgan fingerprint density at radius 1 is 1.25 bits per heavy atom. The van der Waals surface area contributed by atoms with Crippen molar-refractivity contribution in [1.82, 2.24) is 20.3 Å². The summed E-state index contributed by atoms with van der Waals surface area (Å²) in [5.41, 5.74) is 1.92. The van der Waals surface area contributed by atoms with E-state index in [9.17, 15) is 4.79 Å². The summed E-state index contributed by atoms with van der Waals surface area (Å²) in [6.45, 7) is 0.778. The smallest absolute Gasteiger partial charge is 0.230 e. The van der Waals surface area contributed by atoms with E-state index in [-0.39, 0.29) is 5.91 Å². The Morgan fingerprint density at radius 3 is 2.82 bits per heavy atom. The van der Waals surface area contributed by atoms with Crippen LogP contribution in [0.4, 0.5) is 5.13 Å². The van der Waals surface area contributed by atoms with Crippen LogP contribution in [0.25, 0.3) is 10.3 Å². The molecule has 2 heterocycles. The van der Waals surface area contributed by atoms with Gasteiger partial charge in [-0.15, -0.1) is 0 Å². The van der Waals surface area contributed by atoms with Crippen LogP contribution in [0.5, 0.6) is 0 Å². The first kappa shape index (κ1) is 19.1. The number of carbonyl (C=O) groups excluding carboxylic acids is 1. The molecule has 0 spiro atoms. The Bertz CT molecular complexity index is 940. The number of hydrogen-bond donors (Lipinski definition) is 1. The standard InChI is InChI=1S/C20H23N5OS2/c1-25(11-14-7-3-2-4-8-14)20-24-18-17(28-20)19(22-13-21-18)27-12-16(26)23-15-9-5-6-10-15/h2-4,7-8,13,15H,5-6,9-12H2,1H3,(H,23,26). The number of nitrogens with zero attached hydrogens (tertiary/aromatic N) is 4. The van der Waals surface area contributed by atoms with Crippen LogP contribution in [0.3, 0.4) is 0 Å². The second-order valence-electron chi connectivity index (χ2n) is 7.01. The number of hydrogen-bond acceptors (Lipinski definition) is 7. The summed E-state index contributed by atoms with van der Waals surface area (Å²) in [4.78, 5) is 27.7. The lowest BCUT2D eigenvalue weighted by molar-refractivity contribution is -0.119. The van der Waals surface area contributed by atoms with E-state index in [0.717, 1.165) is 34.2 Å². The number of thiazole rings is 1.